The molecule has 0 bridgehead atoms. The second-order valence-electron chi connectivity index (χ2n) is 5.59. The van der Waals surface area contributed by atoms with E-state index in [4.69, 9.17) is 4.74 Å². The van der Waals surface area contributed by atoms with Crippen LogP contribution in [0.4, 0.5) is 0 Å². The van der Waals surface area contributed by atoms with Gasteiger partial charge in [-0.1, -0.05) is 17.7 Å². The molecule has 1 unspecified atom stereocenters. The molecule has 2 rings (SSSR count). The number of methoxy groups -OCH3 is 1. The van der Waals surface area contributed by atoms with Crippen molar-refractivity contribution in [2.45, 2.75) is 44.6 Å². The number of rotatable bonds is 4. The summed E-state index contributed by atoms with van der Waals surface area (Å²) in [5.74, 6) is 0. The van der Waals surface area contributed by atoms with Gasteiger partial charge in [0.2, 0.25) is 10.0 Å². The topological polar surface area (TPSA) is 46.6 Å². The van der Waals surface area contributed by atoms with Crippen LogP contribution >= 0.6 is 0 Å². The van der Waals surface area contributed by atoms with Gasteiger partial charge in [-0.15, -0.1) is 0 Å². The van der Waals surface area contributed by atoms with Gasteiger partial charge in [0.25, 0.3) is 0 Å². The number of aryl methyl sites for hydroxylation is 3. The maximum Gasteiger partial charge on any atom is 0.243 e. The molecule has 0 radical (unpaired) electrons. The zero-order chi connectivity index (χ0) is 14.9. The average Bonchev–Trinajstić information content (AvgIpc) is 2.76. The van der Waals surface area contributed by atoms with Crippen molar-refractivity contribution >= 4 is 10.0 Å². The first-order valence-corrected chi connectivity index (χ1v) is 8.40. The van der Waals surface area contributed by atoms with Crippen molar-refractivity contribution in [3.8, 4) is 0 Å². The van der Waals surface area contributed by atoms with Gasteiger partial charge in [0.05, 0.1) is 11.5 Å². The minimum Gasteiger partial charge on any atom is -0.383 e. The van der Waals surface area contributed by atoms with Gasteiger partial charge in [0.1, 0.15) is 0 Å². The third-order valence-corrected chi connectivity index (χ3v) is 6.11. The van der Waals surface area contributed by atoms with Crippen LogP contribution in [0.1, 0.15) is 29.5 Å². The minimum atomic E-state index is -3.43. The number of sulfonamides is 1. The van der Waals surface area contributed by atoms with E-state index in [1.165, 1.54) is 0 Å². The molecule has 0 aliphatic carbocycles. The summed E-state index contributed by atoms with van der Waals surface area (Å²) < 4.78 is 32.7. The third-order valence-electron chi connectivity index (χ3n) is 3.85. The Morgan fingerprint density at radius 2 is 1.85 bits per heavy atom. The lowest BCUT2D eigenvalue weighted by Gasteiger charge is -2.25. The van der Waals surface area contributed by atoms with Gasteiger partial charge in [0.15, 0.2) is 0 Å². The van der Waals surface area contributed by atoms with Crippen LogP contribution in [0.25, 0.3) is 0 Å². The van der Waals surface area contributed by atoms with E-state index in [1.807, 2.05) is 32.9 Å². The first kappa shape index (κ1) is 15.5. The van der Waals surface area contributed by atoms with Gasteiger partial charge in [-0.3, -0.25) is 0 Å². The number of hydrogen-bond donors (Lipinski definition) is 0. The molecule has 0 aromatic heterocycles. The maximum absolute atomic E-state index is 12.9. The highest BCUT2D eigenvalue weighted by atomic mass is 32.2. The van der Waals surface area contributed by atoms with Crippen molar-refractivity contribution in [2.24, 2.45) is 0 Å². The van der Waals surface area contributed by atoms with Crippen LogP contribution in [0, 0.1) is 20.8 Å². The number of hydrogen-bond acceptors (Lipinski definition) is 3. The summed E-state index contributed by atoms with van der Waals surface area (Å²) in [7, 11) is -1.82. The lowest BCUT2D eigenvalue weighted by molar-refractivity contribution is 0.149. The highest BCUT2D eigenvalue weighted by Gasteiger charge is 2.36. The second kappa shape index (κ2) is 5.84. The quantitative estimate of drug-likeness (QED) is 0.857. The molecule has 1 saturated heterocycles. The Kier molecular flexibility index (Phi) is 4.52. The van der Waals surface area contributed by atoms with E-state index in [1.54, 1.807) is 11.4 Å². The summed E-state index contributed by atoms with van der Waals surface area (Å²) in [5.41, 5.74) is 2.74. The van der Waals surface area contributed by atoms with Gasteiger partial charge in [-0.2, -0.15) is 4.31 Å². The van der Waals surface area contributed by atoms with Gasteiger partial charge in [-0.05, 0) is 44.7 Å². The first-order valence-electron chi connectivity index (χ1n) is 6.96. The van der Waals surface area contributed by atoms with Crippen LogP contribution in [-0.2, 0) is 14.8 Å². The number of benzene rings is 1. The molecular weight excluding hydrogens is 274 g/mol. The summed E-state index contributed by atoms with van der Waals surface area (Å²) in [6.45, 7) is 6.77. The van der Waals surface area contributed by atoms with E-state index in [9.17, 15) is 8.42 Å². The zero-order valence-corrected chi connectivity index (χ0v) is 13.5. The molecule has 1 aliphatic heterocycles. The normalized spacial score (nSPS) is 20.5. The van der Waals surface area contributed by atoms with Gasteiger partial charge < -0.3 is 4.74 Å². The molecule has 1 fully saturated rings. The lowest BCUT2D eigenvalue weighted by atomic mass is 10.1. The molecule has 20 heavy (non-hydrogen) atoms. The van der Waals surface area contributed by atoms with Crippen molar-refractivity contribution in [1.82, 2.24) is 4.31 Å². The molecule has 0 saturated carbocycles. The van der Waals surface area contributed by atoms with Crippen molar-refractivity contribution < 1.29 is 13.2 Å². The molecule has 0 amide bonds. The van der Waals surface area contributed by atoms with Gasteiger partial charge >= 0.3 is 0 Å². The Balaban J connectivity index is 2.45. The van der Waals surface area contributed by atoms with E-state index < -0.39 is 10.0 Å². The molecule has 1 heterocycles. The number of ether oxygens (including phenoxy) is 1. The minimum absolute atomic E-state index is 0.0369. The highest BCUT2D eigenvalue weighted by molar-refractivity contribution is 7.89. The van der Waals surface area contributed by atoms with Gasteiger partial charge in [-0.25, -0.2) is 8.42 Å². The summed E-state index contributed by atoms with van der Waals surface area (Å²) in [4.78, 5) is 0.464. The van der Waals surface area contributed by atoms with Crippen LogP contribution in [0.3, 0.4) is 0 Å². The maximum atomic E-state index is 12.9. The van der Waals surface area contributed by atoms with E-state index in [-0.39, 0.29) is 6.04 Å². The largest absolute Gasteiger partial charge is 0.383 e. The monoisotopic (exact) mass is 297 g/mol. The fourth-order valence-electron chi connectivity index (χ4n) is 3.18. The SMILES string of the molecule is COCC1CCCN1S(=O)(=O)c1c(C)cc(C)cc1C. The average molecular weight is 297 g/mol. The Bertz CT molecular complexity index is 572. The first-order chi connectivity index (χ1) is 9.37. The summed E-state index contributed by atoms with van der Waals surface area (Å²) in [5, 5.41) is 0. The van der Waals surface area contributed by atoms with Crippen molar-refractivity contribution in [1.29, 1.82) is 0 Å². The summed E-state index contributed by atoms with van der Waals surface area (Å²) >= 11 is 0. The molecule has 1 aromatic rings. The molecular formula is C15H23NO3S. The van der Waals surface area contributed by atoms with E-state index in [2.05, 4.69) is 0 Å². The van der Waals surface area contributed by atoms with Crippen molar-refractivity contribution in [3.05, 3.63) is 28.8 Å². The third kappa shape index (κ3) is 2.75. The molecule has 0 spiro atoms. The molecule has 5 heteroatoms. The lowest BCUT2D eigenvalue weighted by Crippen LogP contribution is -2.38. The van der Waals surface area contributed by atoms with Crippen molar-refractivity contribution in [2.75, 3.05) is 20.3 Å². The molecule has 4 nitrogen and oxygen atoms in total. The number of nitrogens with zero attached hydrogens (tertiary/aromatic N) is 1. The predicted molar refractivity (Wildman–Crippen MR) is 79.4 cm³/mol. The molecule has 1 atom stereocenters. The molecule has 0 N–H and O–H groups in total. The Labute approximate surface area is 121 Å². The molecule has 1 aliphatic rings. The highest BCUT2D eigenvalue weighted by Crippen LogP contribution is 2.30. The van der Waals surface area contributed by atoms with Crippen LogP contribution in [0.15, 0.2) is 17.0 Å². The fourth-order valence-corrected chi connectivity index (χ4v) is 5.27. The zero-order valence-electron chi connectivity index (χ0n) is 12.6. The van der Waals surface area contributed by atoms with Crippen LogP contribution < -0.4 is 0 Å². The summed E-state index contributed by atoms with van der Waals surface area (Å²) in [6, 6.07) is 3.83. The van der Waals surface area contributed by atoms with E-state index >= 15 is 0 Å². The van der Waals surface area contributed by atoms with E-state index in [0.29, 0.717) is 18.0 Å². The molecule has 112 valence electrons. The van der Waals surface area contributed by atoms with Crippen LogP contribution in [0.5, 0.6) is 0 Å². The Morgan fingerprint density at radius 3 is 2.40 bits per heavy atom. The van der Waals surface area contributed by atoms with Crippen molar-refractivity contribution in [3.63, 3.8) is 0 Å². The summed E-state index contributed by atoms with van der Waals surface area (Å²) in [6.07, 6.45) is 1.77. The van der Waals surface area contributed by atoms with Crippen LogP contribution in [0.2, 0.25) is 0 Å². The van der Waals surface area contributed by atoms with Crippen LogP contribution in [-0.4, -0.2) is 39.0 Å². The smallest absolute Gasteiger partial charge is 0.243 e. The fraction of sp³-hybridized carbons (Fsp3) is 0.600. The second-order valence-corrected chi connectivity index (χ2v) is 7.42. The standard InChI is InChI=1S/C15H23NO3S/c1-11-8-12(2)15(13(3)9-11)20(17,18)16-7-5-6-14(16)10-19-4/h8-9,14H,5-7,10H2,1-4H3. The Hall–Kier alpha value is -0.910. The van der Waals surface area contributed by atoms with E-state index in [0.717, 1.165) is 29.5 Å². The molecule has 1 aromatic carbocycles. The van der Waals surface area contributed by atoms with Gasteiger partial charge in [0, 0.05) is 19.7 Å². The Morgan fingerprint density at radius 1 is 1.25 bits per heavy atom. The predicted octanol–water partition coefficient (Wildman–Crippen LogP) is 2.41.